The van der Waals surface area contributed by atoms with E-state index in [2.05, 4.69) is 24.8 Å². The van der Waals surface area contributed by atoms with E-state index in [1.54, 1.807) is 26.0 Å². The molecule has 0 aliphatic carbocycles. The summed E-state index contributed by atoms with van der Waals surface area (Å²) < 4.78 is 49.0. The Bertz CT molecular complexity index is 849. The number of nitrogens with zero attached hydrogens (tertiary/aromatic N) is 5. The summed E-state index contributed by atoms with van der Waals surface area (Å²) in [5, 5.41) is 3.92. The minimum absolute atomic E-state index is 0.0135. The Balaban J connectivity index is 2.36. The molecule has 0 amide bonds. The molecule has 0 fully saturated rings. The zero-order chi connectivity index (χ0) is 20.4. The molecule has 0 saturated heterocycles. The standard InChI is InChI=1S/C18H20F3N5O2/c1-3-22-17(27-4-2)16(13-6-5-7-14(10-13)28-18(20)21)23-8-9-26-12-24-15(11-19)25-26/h3,5-8,10,12,18H,4,9,11H2,1-2H3/b17-16+,22-3?,23-8?. The van der Waals surface area contributed by atoms with Gasteiger partial charge in [0, 0.05) is 18.0 Å². The second-order valence-electron chi connectivity index (χ2n) is 5.21. The number of ether oxygens (including phenoxy) is 2. The predicted octanol–water partition coefficient (Wildman–Crippen LogP) is 3.87. The lowest BCUT2D eigenvalue weighted by molar-refractivity contribution is -0.0498. The van der Waals surface area contributed by atoms with Crippen LogP contribution >= 0.6 is 0 Å². The molecule has 0 N–H and O–H groups in total. The third-order valence-corrected chi connectivity index (χ3v) is 3.26. The van der Waals surface area contributed by atoms with Crippen molar-refractivity contribution in [3.05, 3.63) is 47.9 Å². The molecule has 0 unspecified atom stereocenters. The Kier molecular flexibility index (Phi) is 8.19. The molecular weight excluding hydrogens is 375 g/mol. The number of hydrogen-bond donors (Lipinski definition) is 0. The molecule has 150 valence electrons. The summed E-state index contributed by atoms with van der Waals surface area (Å²) in [5.41, 5.74) is 0.803. The van der Waals surface area contributed by atoms with Gasteiger partial charge >= 0.3 is 6.61 Å². The van der Waals surface area contributed by atoms with Gasteiger partial charge in [-0.05, 0) is 26.0 Å². The van der Waals surface area contributed by atoms with E-state index in [0.717, 1.165) is 0 Å². The number of rotatable bonds is 10. The van der Waals surface area contributed by atoms with Crippen LogP contribution < -0.4 is 4.74 Å². The smallest absolute Gasteiger partial charge is 0.387 e. The fourth-order valence-corrected chi connectivity index (χ4v) is 2.19. The van der Waals surface area contributed by atoms with E-state index in [1.807, 2.05) is 0 Å². The van der Waals surface area contributed by atoms with Crippen molar-refractivity contribution in [2.24, 2.45) is 9.98 Å². The van der Waals surface area contributed by atoms with Crippen LogP contribution in [-0.4, -0.2) is 40.4 Å². The maximum absolute atomic E-state index is 12.5. The lowest BCUT2D eigenvalue weighted by Gasteiger charge is -2.11. The van der Waals surface area contributed by atoms with Gasteiger partial charge in [-0.1, -0.05) is 12.1 Å². The zero-order valence-electron chi connectivity index (χ0n) is 15.4. The minimum Gasteiger partial charge on any atom is -0.476 e. The van der Waals surface area contributed by atoms with Gasteiger partial charge in [-0.3, -0.25) is 4.99 Å². The van der Waals surface area contributed by atoms with Crippen LogP contribution in [0.1, 0.15) is 25.2 Å². The average Bonchev–Trinajstić information content (AvgIpc) is 3.13. The van der Waals surface area contributed by atoms with Gasteiger partial charge in [0.15, 0.2) is 12.5 Å². The summed E-state index contributed by atoms with van der Waals surface area (Å²) in [6.45, 7) is 0.358. The number of aromatic nitrogens is 3. The molecular formula is C18H20F3N5O2. The Labute approximate surface area is 160 Å². The van der Waals surface area contributed by atoms with Crippen molar-refractivity contribution in [3.8, 4) is 5.75 Å². The molecule has 1 aromatic carbocycles. The summed E-state index contributed by atoms with van der Waals surface area (Å²) in [4.78, 5) is 12.3. The normalized spacial score (nSPS) is 12.8. The average molecular weight is 395 g/mol. The molecule has 0 aliphatic heterocycles. The van der Waals surface area contributed by atoms with Crippen molar-refractivity contribution in [2.75, 3.05) is 6.61 Å². The van der Waals surface area contributed by atoms with E-state index >= 15 is 0 Å². The molecule has 28 heavy (non-hydrogen) atoms. The zero-order valence-corrected chi connectivity index (χ0v) is 15.4. The first-order chi connectivity index (χ1) is 13.6. The quantitative estimate of drug-likeness (QED) is 0.452. The number of alkyl halides is 3. The molecule has 2 aromatic rings. The maximum Gasteiger partial charge on any atom is 0.387 e. The summed E-state index contributed by atoms with van der Waals surface area (Å²) >= 11 is 0. The third kappa shape index (κ3) is 6.22. The second-order valence-corrected chi connectivity index (χ2v) is 5.21. The van der Waals surface area contributed by atoms with Gasteiger partial charge in [-0.15, -0.1) is 0 Å². The van der Waals surface area contributed by atoms with Crippen molar-refractivity contribution < 1.29 is 22.6 Å². The maximum atomic E-state index is 12.5. The van der Waals surface area contributed by atoms with Crippen LogP contribution in [0.4, 0.5) is 13.2 Å². The van der Waals surface area contributed by atoms with Gasteiger partial charge in [0.05, 0.1) is 13.2 Å². The molecule has 0 saturated carbocycles. The fraction of sp³-hybridized carbons (Fsp3) is 0.333. The minimum atomic E-state index is -2.94. The molecule has 10 heteroatoms. The molecule has 0 radical (unpaired) electrons. The molecule has 0 atom stereocenters. The SMILES string of the molecule is CC=N/C(OCC)=C(\N=CCn1cnc(CF)n1)c1cccc(OC(F)F)c1. The van der Waals surface area contributed by atoms with Crippen molar-refractivity contribution in [1.82, 2.24) is 14.8 Å². The van der Waals surface area contributed by atoms with E-state index in [1.165, 1.54) is 35.6 Å². The van der Waals surface area contributed by atoms with Crippen LogP contribution in [0.2, 0.25) is 0 Å². The highest BCUT2D eigenvalue weighted by atomic mass is 19.3. The van der Waals surface area contributed by atoms with Crippen molar-refractivity contribution in [2.45, 2.75) is 33.7 Å². The molecule has 0 spiro atoms. The van der Waals surface area contributed by atoms with Gasteiger partial charge in [0.1, 0.15) is 17.8 Å². The number of aliphatic imine (C=N–C) groups is 2. The van der Waals surface area contributed by atoms with Crippen LogP contribution in [0.25, 0.3) is 5.70 Å². The van der Waals surface area contributed by atoms with E-state index in [4.69, 9.17) is 4.74 Å². The lowest BCUT2D eigenvalue weighted by Crippen LogP contribution is -2.03. The largest absolute Gasteiger partial charge is 0.476 e. The van der Waals surface area contributed by atoms with E-state index < -0.39 is 13.3 Å². The highest BCUT2D eigenvalue weighted by Gasteiger charge is 2.12. The monoisotopic (exact) mass is 395 g/mol. The van der Waals surface area contributed by atoms with Crippen molar-refractivity contribution in [3.63, 3.8) is 0 Å². The number of benzene rings is 1. The molecule has 2 rings (SSSR count). The van der Waals surface area contributed by atoms with Gasteiger partial charge in [-0.25, -0.2) is 19.0 Å². The van der Waals surface area contributed by atoms with Gasteiger partial charge in [-0.2, -0.15) is 13.9 Å². The molecule has 1 aromatic heterocycles. The highest BCUT2D eigenvalue weighted by Crippen LogP contribution is 2.26. The molecule has 0 aliphatic rings. The van der Waals surface area contributed by atoms with Crippen molar-refractivity contribution in [1.29, 1.82) is 0 Å². The Morgan fingerprint density at radius 3 is 2.79 bits per heavy atom. The predicted molar refractivity (Wildman–Crippen MR) is 99.1 cm³/mol. The van der Waals surface area contributed by atoms with Gasteiger partial charge in [0.2, 0.25) is 5.88 Å². The van der Waals surface area contributed by atoms with Crippen LogP contribution in [0.3, 0.4) is 0 Å². The number of halogens is 3. The lowest BCUT2D eigenvalue weighted by atomic mass is 10.1. The molecule has 0 bridgehead atoms. The number of hydrogen-bond acceptors (Lipinski definition) is 6. The summed E-state index contributed by atoms with van der Waals surface area (Å²) in [6, 6.07) is 6.06. The fourth-order valence-electron chi connectivity index (χ4n) is 2.19. The summed E-state index contributed by atoms with van der Waals surface area (Å²) in [5.74, 6) is 0.283. The van der Waals surface area contributed by atoms with Crippen LogP contribution in [0.5, 0.6) is 5.75 Å². The topological polar surface area (TPSA) is 73.9 Å². The highest BCUT2D eigenvalue weighted by molar-refractivity contribution is 5.76. The summed E-state index contributed by atoms with van der Waals surface area (Å²) in [6.07, 6.45) is 4.43. The summed E-state index contributed by atoms with van der Waals surface area (Å²) in [7, 11) is 0. The van der Waals surface area contributed by atoms with Crippen LogP contribution in [-0.2, 0) is 18.0 Å². The Morgan fingerprint density at radius 1 is 1.32 bits per heavy atom. The first-order valence-corrected chi connectivity index (χ1v) is 8.45. The van der Waals surface area contributed by atoms with E-state index in [-0.39, 0.29) is 24.0 Å². The van der Waals surface area contributed by atoms with Crippen molar-refractivity contribution >= 4 is 18.1 Å². The van der Waals surface area contributed by atoms with Gasteiger partial charge in [0.25, 0.3) is 0 Å². The Hall–Kier alpha value is -3.17. The molecule has 1 heterocycles. The Morgan fingerprint density at radius 2 is 2.14 bits per heavy atom. The molecule has 7 nitrogen and oxygen atoms in total. The second kappa shape index (κ2) is 10.9. The van der Waals surface area contributed by atoms with E-state index in [0.29, 0.717) is 17.9 Å². The van der Waals surface area contributed by atoms with E-state index in [9.17, 15) is 13.2 Å². The van der Waals surface area contributed by atoms with Crippen LogP contribution in [0, 0.1) is 0 Å². The van der Waals surface area contributed by atoms with Gasteiger partial charge < -0.3 is 9.47 Å². The first-order valence-electron chi connectivity index (χ1n) is 8.45. The third-order valence-electron chi connectivity index (χ3n) is 3.26. The van der Waals surface area contributed by atoms with Crippen LogP contribution in [0.15, 0.2) is 46.5 Å². The first kappa shape index (κ1) is 21.1.